The van der Waals surface area contributed by atoms with Crippen molar-refractivity contribution in [3.8, 4) is 0 Å². The Kier molecular flexibility index (Phi) is 5.12. The fraction of sp³-hybridized carbons (Fsp3) is 0.381. The van der Waals surface area contributed by atoms with Gasteiger partial charge in [-0.05, 0) is 50.7 Å². The summed E-state index contributed by atoms with van der Waals surface area (Å²) in [7, 11) is 2.14. The molecule has 0 aliphatic carbocycles. The van der Waals surface area contributed by atoms with E-state index in [9.17, 15) is 14.9 Å². The lowest BCUT2D eigenvalue weighted by molar-refractivity contribution is -0.384. The van der Waals surface area contributed by atoms with E-state index in [2.05, 4.69) is 37.1 Å². The van der Waals surface area contributed by atoms with Gasteiger partial charge in [-0.2, -0.15) is 0 Å². The molecule has 1 fully saturated rings. The van der Waals surface area contributed by atoms with Gasteiger partial charge in [0, 0.05) is 41.2 Å². The van der Waals surface area contributed by atoms with Crippen molar-refractivity contribution in [2.45, 2.75) is 30.2 Å². The molecule has 0 bridgehead atoms. The number of benzene rings is 2. The van der Waals surface area contributed by atoms with Crippen molar-refractivity contribution in [2.75, 3.05) is 30.8 Å². The molecule has 0 radical (unpaired) electrons. The molecule has 6 nitrogen and oxygen atoms in total. The van der Waals surface area contributed by atoms with Gasteiger partial charge in [0.1, 0.15) is 0 Å². The third-order valence-electron chi connectivity index (χ3n) is 5.63. The Morgan fingerprint density at radius 1 is 1.25 bits per heavy atom. The van der Waals surface area contributed by atoms with Crippen molar-refractivity contribution in [1.29, 1.82) is 0 Å². The van der Waals surface area contributed by atoms with Crippen LogP contribution in [0, 0.1) is 17.0 Å². The smallest absolute Gasteiger partial charge is 0.269 e. The summed E-state index contributed by atoms with van der Waals surface area (Å²) in [6.45, 7) is 4.06. The molecule has 146 valence electrons. The van der Waals surface area contributed by atoms with Gasteiger partial charge < -0.3 is 9.80 Å². The molecule has 4 rings (SSSR count). The van der Waals surface area contributed by atoms with Crippen LogP contribution in [0.15, 0.2) is 47.4 Å². The van der Waals surface area contributed by atoms with E-state index in [4.69, 9.17) is 0 Å². The normalized spacial score (nSPS) is 21.3. The van der Waals surface area contributed by atoms with E-state index in [-0.39, 0.29) is 17.6 Å². The maximum atomic E-state index is 13.2. The van der Waals surface area contributed by atoms with Crippen molar-refractivity contribution in [1.82, 2.24) is 4.90 Å². The number of likely N-dealkylation sites (N-methyl/N-ethyl adjacent to an activating group) is 1. The molecule has 0 saturated carbocycles. The SMILES string of the molecule is Cc1ccc2c(c1)[C@H]1CN(C)CC[C@H]1N2C(=O)CSc1ccc([N+](=O)[O-])cc1. The predicted octanol–water partition coefficient (Wildman–Crippen LogP) is 3.83. The Labute approximate surface area is 168 Å². The molecule has 0 N–H and O–H groups in total. The first-order valence-corrected chi connectivity index (χ1v) is 10.4. The van der Waals surface area contributed by atoms with E-state index in [1.165, 1.54) is 35.0 Å². The predicted molar refractivity (Wildman–Crippen MR) is 111 cm³/mol. The van der Waals surface area contributed by atoms with E-state index in [0.717, 1.165) is 30.1 Å². The zero-order valence-electron chi connectivity index (χ0n) is 16.0. The number of nitrogens with zero attached hydrogens (tertiary/aromatic N) is 3. The summed E-state index contributed by atoms with van der Waals surface area (Å²) >= 11 is 1.43. The van der Waals surface area contributed by atoms with Crippen LogP contribution in [0.5, 0.6) is 0 Å². The number of aryl methyl sites for hydroxylation is 1. The highest BCUT2D eigenvalue weighted by Gasteiger charge is 2.43. The molecule has 2 aliphatic heterocycles. The average Bonchev–Trinajstić information content (AvgIpc) is 2.99. The van der Waals surface area contributed by atoms with Crippen LogP contribution in [0.2, 0.25) is 0 Å². The number of hydrogen-bond donors (Lipinski definition) is 0. The van der Waals surface area contributed by atoms with Crippen molar-refractivity contribution in [3.05, 3.63) is 63.7 Å². The summed E-state index contributed by atoms with van der Waals surface area (Å²) in [5.41, 5.74) is 3.62. The first-order chi connectivity index (χ1) is 13.4. The molecule has 2 aliphatic rings. The highest BCUT2D eigenvalue weighted by Crippen LogP contribution is 2.45. The van der Waals surface area contributed by atoms with Gasteiger partial charge in [-0.3, -0.25) is 14.9 Å². The third-order valence-corrected chi connectivity index (χ3v) is 6.63. The van der Waals surface area contributed by atoms with E-state index in [0.29, 0.717) is 11.7 Å². The zero-order chi connectivity index (χ0) is 19.8. The Bertz CT molecular complexity index is 916. The van der Waals surface area contributed by atoms with Gasteiger partial charge in [-0.15, -0.1) is 11.8 Å². The Morgan fingerprint density at radius 2 is 2.00 bits per heavy atom. The van der Waals surface area contributed by atoms with Crippen LogP contribution in [-0.4, -0.2) is 47.7 Å². The fourth-order valence-electron chi connectivity index (χ4n) is 4.28. The summed E-state index contributed by atoms with van der Waals surface area (Å²) < 4.78 is 0. The number of anilines is 1. The van der Waals surface area contributed by atoms with Crippen molar-refractivity contribution >= 4 is 29.0 Å². The topological polar surface area (TPSA) is 66.7 Å². The Morgan fingerprint density at radius 3 is 2.71 bits per heavy atom. The van der Waals surface area contributed by atoms with Gasteiger partial charge in [-0.25, -0.2) is 0 Å². The number of piperidine rings is 1. The van der Waals surface area contributed by atoms with Crippen molar-refractivity contribution in [2.24, 2.45) is 0 Å². The Balaban J connectivity index is 1.52. The molecule has 0 unspecified atom stereocenters. The number of carbonyl (C=O) groups is 1. The first kappa shape index (κ1) is 19.0. The number of thioether (sulfide) groups is 1. The van der Waals surface area contributed by atoms with Crippen LogP contribution >= 0.6 is 11.8 Å². The van der Waals surface area contributed by atoms with E-state index in [1.807, 2.05) is 4.90 Å². The van der Waals surface area contributed by atoms with Crippen LogP contribution in [0.1, 0.15) is 23.5 Å². The number of carbonyl (C=O) groups excluding carboxylic acids is 1. The molecule has 1 saturated heterocycles. The molecule has 1 amide bonds. The monoisotopic (exact) mass is 397 g/mol. The van der Waals surface area contributed by atoms with Crippen LogP contribution in [-0.2, 0) is 4.79 Å². The second-order valence-electron chi connectivity index (χ2n) is 7.59. The Hall–Kier alpha value is -2.38. The van der Waals surface area contributed by atoms with Crippen LogP contribution in [0.4, 0.5) is 11.4 Å². The van der Waals surface area contributed by atoms with E-state index in [1.54, 1.807) is 12.1 Å². The van der Waals surface area contributed by atoms with Gasteiger partial charge in [0.05, 0.1) is 10.7 Å². The molecular weight excluding hydrogens is 374 g/mol. The minimum atomic E-state index is -0.414. The average molecular weight is 398 g/mol. The molecule has 28 heavy (non-hydrogen) atoms. The minimum absolute atomic E-state index is 0.0636. The molecular formula is C21H23N3O3S. The number of non-ortho nitro benzene ring substituents is 1. The minimum Gasteiger partial charge on any atom is -0.308 e. The van der Waals surface area contributed by atoms with Crippen LogP contribution in [0.3, 0.4) is 0 Å². The zero-order valence-corrected chi connectivity index (χ0v) is 16.8. The molecule has 7 heteroatoms. The molecule has 2 aromatic rings. The summed E-state index contributed by atoms with van der Waals surface area (Å²) in [4.78, 5) is 28.7. The number of rotatable bonds is 4. The maximum Gasteiger partial charge on any atom is 0.269 e. The summed E-state index contributed by atoms with van der Waals surface area (Å²) in [5.74, 6) is 0.789. The number of nitro groups is 1. The second-order valence-corrected chi connectivity index (χ2v) is 8.64. The largest absolute Gasteiger partial charge is 0.308 e. The second kappa shape index (κ2) is 7.56. The molecule has 2 atom stereocenters. The summed E-state index contributed by atoms with van der Waals surface area (Å²) in [6, 6.07) is 13.0. The standard InChI is InChI=1S/C21H23N3O3S/c1-14-3-8-19-17(11-14)18-12-22(2)10-9-20(18)23(19)21(25)13-28-16-6-4-15(5-7-16)24(26)27/h3-8,11,18,20H,9-10,12-13H2,1-2H3/t18-,20-/m1/s1. The fourth-order valence-corrected chi connectivity index (χ4v) is 5.04. The van der Waals surface area contributed by atoms with Gasteiger partial charge in [0.15, 0.2) is 0 Å². The van der Waals surface area contributed by atoms with Gasteiger partial charge in [0.25, 0.3) is 5.69 Å². The summed E-state index contributed by atoms with van der Waals surface area (Å²) in [6.07, 6.45) is 0.975. The van der Waals surface area contributed by atoms with Gasteiger partial charge in [-0.1, -0.05) is 17.7 Å². The first-order valence-electron chi connectivity index (χ1n) is 9.42. The van der Waals surface area contributed by atoms with Crippen LogP contribution in [0.25, 0.3) is 0 Å². The molecule has 0 aromatic heterocycles. The summed E-state index contributed by atoms with van der Waals surface area (Å²) in [5, 5.41) is 10.8. The lowest BCUT2D eigenvalue weighted by Crippen LogP contribution is -2.47. The molecule has 2 aromatic carbocycles. The van der Waals surface area contributed by atoms with Crippen LogP contribution < -0.4 is 4.90 Å². The van der Waals surface area contributed by atoms with E-state index < -0.39 is 4.92 Å². The van der Waals surface area contributed by atoms with E-state index >= 15 is 0 Å². The quantitative estimate of drug-likeness (QED) is 0.446. The number of fused-ring (bicyclic) bond motifs is 3. The number of nitro benzene ring substituents is 1. The maximum absolute atomic E-state index is 13.2. The van der Waals surface area contributed by atoms with Gasteiger partial charge >= 0.3 is 0 Å². The molecule has 0 spiro atoms. The number of hydrogen-bond acceptors (Lipinski definition) is 5. The van der Waals surface area contributed by atoms with Gasteiger partial charge in [0.2, 0.25) is 5.91 Å². The molecule has 2 heterocycles. The number of amides is 1. The van der Waals surface area contributed by atoms with Crippen molar-refractivity contribution in [3.63, 3.8) is 0 Å². The number of likely N-dealkylation sites (tertiary alicyclic amines) is 1. The highest BCUT2D eigenvalue weighted by atomic mass is 32.2. The third kappa shape index (κ3) is 3.52. The van der Waals surface area contributed by atoms with Crippen molar-refractivity contribution < 1.29 is 9.72 Å². The highest BCUT2D eigenvalue weighted by molar-refractivity contribution is 8.00. The lowest BCUT2D eigenvalue weighted by atomic mass is 9.89. The lowest BCUT2D eigenvalue weighted by Gasteiger charge is -2.36.